The van der Waals surface area contributed by atoms with E-state index in [-0.39, 0.29) is 24.8 Å². The molecular formula is C24H28Cl2N2O4. The highest BCUT2D eigenvalue weighted by molar-refractivity contribution is 6.35. The van der Waals surface area contributed by atoms with Gasteiger partial charge in [0, 0.05) is 29.6 Å². The average Bonchev–Trinajstić information content (AvgIpc) is 2.78. The Bertz CT molecular complexity index is 967. The molecule has 1 aliphatic rings. The molecule has 8 heteroatoms. The van der Waals surface area contributed by atoms with Crippen molar-refractivity contribution < 1.29 is 19.1 Å². The molecule has 0 aliphatic carbocycles. The molecule has 2 aromatic rings. The Morgan fingerprint density at radius 2 is 1.81 bits per heavy atom. The van der Waals surface area contributed by atoms with Crippen LogP contribution < -0.4 is 14.8 Å². The molecule has 32 heavy (non-hydrogen) atoms. The van der Waals surface area contributed by atoms with E-state index < -0.39 is 6.04 Å². The molecule has 0 spiro atoms. The largest absolute Gasteiger partial charge is 0.486 e. The summed E-state index contributed by atoms with van der Waals surface area (Å²) in [5.41, 5.74) is 1.71. The standard InChI is InChI=1S/C24H28Cl2N2O4/c1-3-20(24(30)27-4-2)28(15-17-7-8-18(25)14-19(17)26)23(29)10-6-16-5-9-21-22(13-16)32-12-11-31-21/h5,7-9,13-14,20H,3-4,6,10-12,15H2,1-2H3,(H,27,30)/t20-/m0/s1. The number of hydrogen-bond acceptors (Lipinski definition) is 4. The van der Waals surface area contributed by atoms with Gasteiger partial charge in [-0.15, -0.1) is 0 Å². The highest BCUT2D eigenvalue weighted by Crippen LogP contribution is 2.31. The molecule has 0 saturated carbocycles. The van der Waals surface area contributed by atoms with Crippen LogP contribution in [0.5, 0.6) is 11.5 Å². The van der Waals surface area contributed by atoms with E-state index in [0.717, 1.165) is 11.1 Å². The van der Waals surface area contributed by atoms with Crippen LogP contribution in [0.15, 0.2) is 36.4 Å². The third kappa shape index (κ3) is 6.08. The number of rotatable bonds is 9. The predicted molar refractivity (Wildman–Crippen MR) is 126 cm³/mol. The molecule has 1 heterocycles. The second-order valence-electron chi connectivity index (χ2n) is 7.55. The molecule has 0 bridgehead atoms. The number of carbonyl (C=O) groups excluding carboxylic acids is 2. The minimum atomic E-state index is -0.588. The Balaban J connectivity index is 1.78. The Kier molecular flexibility index (Phi) is 8.65. The van der Waals surface area contributed by atoms with Gasteiger partial charge in [0.05, 0.1) is 0 Å². The van der Waals surface area contributed by atoms with Crippen LogP contribution in [-0.2, 0) is 22.6 Å². The summed E-state index contributed by atoms with van der Waals surface area (Å²) in [5, 5.41) is 3.82. The average molecular weight is 479 g/mol. The molecule has 1 N–H and O–H groups in total. The normalized spacial score (nSPS) is 13.4. The van der Waals surface area contributed by atoms with Crippen LogP contribution in [0.25, 0.3) is 0 Å². The van der Waals surface area contributed by atoms with Crippen LogP contribution >= 0.6 is 23.2 Å². The molecule has 6 nitrogen and oxygen atoms in total. The number of hydrogen-bond donors (Lipinski definition) is 1. The summed E-state index contributed by atoms with van der Waals surface area (Å²) < 4.78 is 11.2. The predicted octanol–water partition coefficient (Wildman–Crippen LogP) is 4.64. The van der Waals surface area contributed by atoms with Crippen LogP contribution in [0.4, 0.5) is 0 Å². The minimum Gasteiger partial charge on any atom is -0.486 e. The first-order chi connectivity index (χ1) is 15.4. The lowest BCUT2D eigenvalue weighted by Gasteiger charge is -2.31. The Hall–Kier alpha value is -2.44. The summed E-state index contributed by atoms with van der Waals surface area (Å²) in [6, 6.07) is 10.3. The van der Waals surface area contributed by atoms with Gasteiger partial charge in [0.15, 0.2) is 11.5 Å². The smallest absolute Gasteiger partial charge is 0.242 e. The molecule has 172 valence electrons. The molecule has 0 saturated heterocycles. The lowest BCUT2D eigenvalue weighted by atomic mass is 10.1. The number of nitrogens with one attached hydrogen (secondary N) is 1. The van der Waals surface area contributed by atoms with E-state index in [9.17, 15) is 9.59 Å². The summed E-state index contributed by atoms with van der Waals surface area (Å²) in [5.74, 6) is 1.11. The van der Waals surface area contributed by atoms with Crippen LogP contribution in [0, 0.1) is 0 Å². The van der Waals surface area contributed by atoms with Crippen molar-refractivity contribution in [1.29, 1.82) is 0 Å². The lowest BCUT2D eigenvalue weighted by Crippen LogP contribution is -2.49. The third-order valence-electron chi connectivity index (χ3n) is 5.33. The fraction of sp³-hybridized carbons (Fsp3) is 0.417. The zero-order valence-electron chi connectivity index (χ0n) is 18.3. The fourth-order valence-corrected chi connectivity index (χ4v) is 4.15. The van der Waals surface area contributed by atoms with Gasteiger partial charge in [0.25, 0.3) is 0 Å². The van der Waals surface area contributed by atoms with Crippen LogP contribution in [0.1, 0.15) is 37.8 Å². The van der Waals surface area contributed by atoms with Gasteiger partial charge in [0.1, 0.15) is 19.3 Å². The number of carbonyl (C=O) groups is 2. The maximum Gasteiger partial charge on any atom is 0.242 e. The van der Waals surface area contributed by atoms with Crippen molar-refractivity contribution in [2.75, 3.05) is 19.8 Å². The van der Waals surface area contributed by atoms with Crippen LogP contribution in [-0.4, -0.2) is 42.5 Å². The molecular weight excluding hydrogens is 451 g/mol. The van der Waals surface area contributed by atoms with E-state index in [1.165, 1.54) is 0 Å². The van der Waals surface area contributed by atoms with Gasteiger partial charge in [-0.3, -0.25) is 9.59 Å². The van der Waals surface area contributed by atoms with Crippen molar-refractivity contribution in [3.63, 3.8) is 0 Å². The number of likely N-dealkylation sites (N-methyl/N-ethyl adjacent to an activating group) is 1. The van der Waals surface area contributed by atoms with E-state index >= 15 is 0 Å². The molecule has 0 radical (unpaired) electrons. The summed E-state index contributed by atoms with van der Waals surface area (Å²) >= 11 is 12.4. The van der Waals surface area contributed by atoms with Crippen molar-refractivity contribution in [2.45, 2.75) is 45.7 Å². The van der Waals surface area contributed by atoms with Gasteiger partial charge in [-0.25, -0.2) is 0 Å². The number of amides is 2. The number of halogens is 2. The molecule has 2 amide bonds. The molecule has 0 unspecified atom stereocenters. The maximum absolute atomic E-state index is 13.3. The Morgan fingerprint density at radius 1 is 1.06 bits per heavy atom. The maximum atomic E-state index is 13.3. The third-order valence-corrected chi connectivity index (χ3v) is 5.91. The van der Waals surface area contributed by atoms with E-state index in [2.05, 4.69) is 5.32 Å². The summed E-state index contributed by atoms with van der Waals surface area (Å²) in [6.07, 6.45) is 1.26. The number of nitrogens with zero attached hydrogens (tertiary/aromatic N) is 1. The quantitative estimate of drug-likeness (QED) is 0.569. The highest BCUT2D eigenvalue weighted by atomic mass is 35.5. The lowest BCUT2D eigenvalue weighted by molar-refractivity contribution is -0.141. The van der Waals surface area contributed by atoms with Gasteiger partial charge in [0.2, 0.25) is 11.8 Å². The highest BCUT2D eigenvalue weighted by Gasteiger charge is 2.28. The zero-order chi connectivity index (χ0) is 23.1. The van der Waals surface area contributed by atoms with Crippen molar-refractivity contribution in [2.24, 2.45) is 0 Å². The van der Waals surface area contributed by atoms with Gasteiger partial charge in [-0.1, -0.05) is 42.3 Å². The van der Waals surface area contributed by atoms with Crippen LogP contribution in [0.3, 0.4) is 0 Å². The molecule has 2 aromatic carbocycles. The number of aryl methyl sites for hydroxylation is 1. The molecule has 0 aromatic heterocycles. The molecule has 3 rings (SSSR count). The Labute approximate surface area is 198 Å². The Morgan fingerprint density at radius 3 is 2.50 bits per heavy atom. The molecule has 1 atom stereocenters. The molecule has 1 aliphatic heterocycles. The van der Waals surface area contributed by atoms with Crippen molar-refractivity contribution >= 4 is 35.0 Å². The number of fused-ring (bicyclic) bond motifs is 1. The minimum absolute atomic E-state index is 0.121. The summed E-state index contributed by atoms with van der Waals surface area (Å²) in [4.78, 5) is 27.6. The van der Waals surface area contributed by atoms with Crippen molar-refractivity contribution in [1.82, 2.24) is 10.2 Å². The number of ether oxygens (including phenoxy) is 2. The SMILES string of the molecule is CCNC(=O)[C@H](CC)N(Cc1ccc(Cl)cc1Cl)C(=O)CCc1ccc2c(c1)OCCO2. The zero-order valence-corrected chi connectivity index (χ0v) is 19.8. The van der Waals surface area contributed by atoms with E-state index in [4.69, 9.17) is 32.7 Å². The topological polar surface area (TPSA) is 67.9 Å². The van der Waals surface area contributed by atoms with Gasteiger partial charge in [-0.05, 0) is 55.2 Å². The molecule has 0 fully saturated rings. The van der Waals surface area contributed by atoms with Crippen LogP contribution in [0.2, 0.25) is 10.0 Å². The van der Waals surface area contributed by atoms with Gasteiger partial charge in [-0.2, -0.15) is 0 Å². The van der Waals surface area contributed by atoms with Gasteiger partial charge < -0.3 is 19.7 Å². The summed E-state index contributed by atoms with van der Waals surface area (Å²) in [7, 11) is 0. The monoisotopic (exact) mass is 478 g/mol. The first-order valence-corrected chi connectivity index (χ1v) is 11.6. The summed E-state index contributed by atoms with van der Waals surface area (Å²) in [6.45, 7) is 5.52. The number of benzene rings is 2. The van der Waals surface area contributed by atoms with Crippen molar-refractivity contribution in [3.8, 4) is 11.5 Å². The first kappa shape index (κ1) is 24.2. The first-order valence-electron chi connectivity index (χ1n) is 10.8. The van der Waals surface area contributed by atoms with E-state index in [1.807, 2.05) is 32.0 Å². The second kappa shape index (κ2) is 11.4. The fourth-order valence-electron chi connectivity index (χ4n) is 3.68. The van der Waals surface area contributed by atoms with E-state index in [1.54, 1.807) is 23.1 Å². The van der Waals surface area contributed by atoms with Crippen molar-refractivity contribution in [3.05, 3.63) is 57.6 Å². The second-order valence-corrected chi connectivity index (χ2v) is 8.40. The van der Waals surface area contributed by atoms with Gasteiger partial charge >= 0.3 is 0 Å². The van der Waals surface area contributed by atoms with E-state index in [0.29, 0.717) is 54.1 Å².